The number of nitrogens with one attached hydrogen (secondary N) is 1. The van der Waals surface area contributed by atoms with Crippen LogP contribution in [0, 0.1) is 23.7 Å². The molecule has 22 heavy (non-hydrogen) atoms. The number of hydrogen-bond donors (Lipinski definition) is 1. The highest BCUT2D eigenvalue weighted by atomic mass is 15.2. The molecule has 2 aliphatic carbocycles. The van der Waals surface area contributed by atoms with Gasteiger partial charge in [0, 0.05) is 25.2 Å². The van der Waals surface area contributed by atoms with E-state index in [-0.39, 0.29) is 0 Å². The van der Waals surface area contributed by atoms with Crippen molar-refractivity contribution in [2.45, 2.75) is 84.2 Å². The van der Waals surface area contributed by atoms with Crippen LogP contribution in [0.25, 0.3) is 0 Å². The van der Waals surface area contributed by atoms with Crippen LogP contribution in [0.3, 0.4) is 0 Å². The van der Waals surface area contributed by atoms with Crippen LogP contribution in [0.1, 0.15) is 72.1 Å². The van der Waals surface area contributed by atoms with Gasteiger partial charge in [-0.2, -0.15) is 0 Å². The monoisotopic (exact) mass is 306 g/mol. The Morgan fingerprint density at radius 2 is 1.64 bits per heavy atom. The molecule has 3 unspecified atom stereocenters. The zero-order valence-electron chi connectivity index (χ0n) is 15.2. The third kappa shape index (κ3) is 4.06. The van der Waals surface area contributed by atoms with E-state index in [2.05, 4.69) is 31.0 Å². The SMILES string of the molecule is CC(C)C1CC(NCC2CCCC2)CN(C(C)C2CCC2)C1. The Morgan fingerprint density at radius 1 is 0.909 bits per heavy atom. The Bertz CT molecular complexity index is 331. The molecule has 3 rings (SSSR count). The van der Waals surface area contributed by atoms with Crippen molar-refractivity contribution < 1.29 is 0 Å². The van der Waals surface area contributed by atoms with Crippen molar-refractivity contribution in [1.82, 2.24) is 10.2 Å². The van der Waals surface area contributed by atoms with Gasteiger partial charge < -0.3 is 5.32 Å². The average Bonchev–Trinajstić information content (AvgIpc) is 2.96. The van der Waals surface area contributed by atoms with Crippen molar-refractivity contribution >= 4 is 0 Å². The second kappa shape index (κ2) is 7.66. The first kappa shape index (κ1) is 16.8. The van der Waals surface area contributed by atoms with Crippen LogP contribution in [0.4, 0.5) is 0 Å². The highest BCUT2D eigenvalue weighted by Gasteiger charge is 2.35. The van der Waals surface area contributed by atoms with Gasteiger partial charge in [0.25, 0.3) is 0 Å². The summed E-state index contributed by atoms with van der Waals surface area (Å²) < 4.78 is 0. The first-order valence-electron chi connectivity index (χ1n) is 10.1. The highest BCUT2D eigenvalue weighted by molar-refractivity contribution is 4.91. The fraction of sp³-hybridized carbons (Fsp3) is 1.00. The summed E-state index contributed by atoms with van der Waals surface area (Å²) >= 11 is 0. The molecule has 1 saturated heterocycles. The number of rotatable bonds is 6. The quantitative estimate of drug-likeness (QED) is 0.787. The third-order valence-electron chi connectivity index (χ3n) is 7.03. The van der Waals surface area contributed by atoms with Gasteiger partial charge in [0.1, 0.15) is 0 Å². The van der Waals surface area contributed by atoms with E-state index in [4.69, 9.17) is 0 Å². The average molecular weight is 307 g/mol. The number of hydrogen-bond acceptors (Lipinski definition) is 2. The van der Waals surface area contributed by atoms with Crippen molar-refractivity contribution in [2.75, 3.05) is 19.6 Å². The maximum Gasteiger partial charge on any atom is 0.0198 e. The Morgan fingerprint density at radius 3 is 2.23 bits per heavy atom. The Hall–Kier alpha value is -0.0800. The lowest BCUT2D eigenvalue weighted by Crippen LogP contribution is -2.55. The maximum atomic E-state index is 3.97. The fourth-order valence-electron chi connectivity index (χ4n) is 4.90. The van der Waals surface area contributed by atoms with Gasteiger partial charge in [0.15, 0.2) is 0 Å². The Balaban J connectivity index is 1.54. The molecule has 0 aromatic heterocycles. The first-order valence-corrected chi connectivity index (χ1v) is 10.1. The molecule has 0 aromatic rings. The van der Waals surface area contributed by atoms with Crippen molar-refractivity contribution in [3.8, 4) is 0 Å². The molecule has 2 nitrogen and oxygen atoms in total. The van der Waals surface area contributed by atoms with Gasteiger partial charge in [0.05, 0.1) is 0 Å². The predicted molar refractivity (Wildman–Crippen MR) is 95.1 cm³/mol. The standard InChI is InChI=1S/C20H38N2/c1-15(2)19-11-20(21-12-17-7-4-5-8-17)14-22(13-19)16(3)18-9-6-10-18/h15-21H,4-14H2,1-3H3. The predicted octanol–water partition coefficient (Wildman–Crippen LogP) is 4.30. The molecule has 0 amide bonds. The molecule has 3 fully saturated rings. The van der Waals surface area contributed by atoms with Crippen LogP contribution in [0.15, 0.2) is 0 Å². The third-order valence-corrected chi connectivity index (χ3v) is 7.03. The molecule has 1 heterocycles. The van der Waals surface area contributed by atoms with Crippen LogP contribution in [-0.2, 0) is 0 Å². The lowest BCUT2D eigenvalue weighted by atomic mass is 9.77. The van der Waals surface area contributed by atoms with Crippen LogP contribution < -0.4 is 5.32 Å². The summed E-state index contributed by atoms with van der Waals surface area (Å²) in [5.74, 6) is 3.67. The van der Waals surface area contributed by atoms with E-state index in [9.17, 15) is 0 Å². The summed E-state index contributed by atoms with van der Waals surface area (Å²) in [7, 11) is 0. The molecule has 3 atom stereocenters. The van der Waals surface area contributed by atoms with Gasteiger partial charge in [-0.1, -0.05) is 33.1 Å². The highest BCUT2D eigenvalue weighted by Crippen LogP contribution is 2.35. The topological polar surface area (TPSA) is 15.3 Å². The van der Waals surface area contributed by atoms with Crippen LogP contribution in [-0.4, -0.2) is 36.6 Å². The molecular formula is C20H38N2. The number of piperidine rings is 1. The lowest BCUT2D eigenvalue weighted by Gasteiger charge is -2.46. The van der Waals surface area contributed by atoms with E-state index in [0.29, 0.717) is 0 Å². The Kier molecular flexibility index (Phi) is 5.84. The van der Waals surface area contributed by atoms with Crippen molar-refractivity contribution in [3.63, 3.8) is 0 Å². The Labute approximate surface area is 138 Å². The van der Waals surface area contributed by atoms with Gasteiger partial charge in [-0.15, -0.1) is 0 Å². The molecule has 1 N–H and O–H groups in total. The van der Waals surface area contributed by atoms with Crippen molar-refractivity contribution in [1.29, 1.82) is 0 Å². The normalized spacial score (nSPS) is 33.3. The zero-order chi connectivity index (χ0) is 15.5. The van der Waals surface area contributed by atoms with Crippen LogP contribution in [0.2, 0.25) is 0 Å². The molecule has 3 aliphatic rings. The van der Waals surface area contributed by atoms with Gasteiger partial charge in [-0.05, 0) is 69.2 Å². The molecule has 0 aromatic carbocycles. The van der Waals surface area contributed by atoms with Crippen molar-refractivity contribution in [2.24, 2.45) is 23.7 Å². The van der Waals surface area contributed by atoms with E-state index in [1.165, 1.54) is 71.0 Å². The van der Waals surface area contributed by atoms with E-state index >= 15 is 0 Å². The van der Waals surface area contributed by atoms with Crippen LogP contribution >= 0.6 is 0 Å². The molecule has 128 valence electrons. The summed E-state index contributed by atoms with van der Waals surface area (Å²) in [5, 5.41) is 3.97. The molecule has 2 saturated carbocycles. The zero-order valence-corrected chi connectivity index (χ0v) is 15.2. The molecule has 0 radical (unpaired) electrons. The van der Waals surface area contributed by atoms with Gasteiger partial charge in [0.2, 0.25) is 0 Å². The maximum absolute atomic E-state index is 3.97. The summed E-state index contributed by atoms with van der Waals surface area (Å²) in [5.41, 5.74) is 0. The molecule has 1 aliphatic heterocycles. The first-order chi connectivity index (χ1) is 10.6. The molecular weight excluding hydrogens is 268 g/mol. The van der Waals surface area contributed by atoms with Gasteiger partial charge in [-0.25, -0.2) is 0 Å². The minimum atomic E-state index is 0.740. The van der Waals surface area contributed by atoms with E-state index < -0.39 is 0 Å². The molecule has 2 heteroatoms. The lowest BCUT2D eigenvalue weighted by molar-refractivity contribution is 0.0391. The van der Waals surface area contributed by atoms with Gasteiger partial charge >= 0.3 is 0 Å². The number of likely N-dealkylation sites (tertiary alicyclic amines) is 1. The van der Waals surface area contributed by atoms with E-state index in [1.807, 2.05) is 0 Å². The fourth-order valence-corrected chi connectivity index (χ4v) is 4.90. The second-order valence-corrected chi connectivity index (χ2v) is 8.88. The minimum Gasteiger partial charge on any atom is -0.312 e. The van der Waals surface area contributed by atoms with E-state index in [0.717, 1.165) is 35.8 Å². The van der Waals surface area contributed by atoms with Crippen LogP contribution in [0.5, 0.6) is 0 Å². The second-order valence-electron chi connectivity index (χ2n) is 8.88. The summed E-state index contributed by atoms with van der Waals surface area (Å²) in [6.07, 6.45) is 11.7. The summed E-state index contributed by atoms with van der Waals surface area (Å²) in [4.78, 5) is 2.84. The van der Waals surface area contributed by atoms with E-state index in [1.54, 1.807) is 0 Å². The minimum absolute atomic E-state index is 0.740. The van der Waals surface area contributed by atoms with Crippen molar-refractivity contribution in [3.05, 3.63) is 0 Å². The smallest absolute Gasteiger partial charge is 0.0198 e. The largest absolute Gasteiger partial charge is 0.312 e. The summed E-state index contributed by atoms with van der Waals surface area (Å²) in [6, 6.07) is 1.55. The molecule has 0 bridgehead atoms. The summed E-state index contributed by atoms with van der Waals surface area (Å²) in [6.45, 7) is 11.3. The molecule has 0 spiro atoms. The number of nitrogens with zero attached hydrogens (tertiary/aromatic N) is 1. The van der Waals surface area contributed by atoms with Gasteiger partial charge in [-0.3, -0.25) is 4.90 Å².